The quantitative estimate of drug-likeness (QED) is 0.613. The van der Waals surface area contributed by atoms with Gasteiger partial charge in [-0.1, -0.05) is 0 Å². The van der Waals surface area contributed by atoms with Crippen molar-refractivity contribution in [1.82, 2.24) is 5.32 Å². The van der Waals surface area contributed by atoms with Gasteiger partial charge in [0.15, 0.2) is 0 Å². The van der Waals surface area contributed by atoms with E-state index in [9.17, 15) is 14.7 Å². The van der Waals surface area contributed by atoms with E-state index in [-0.39, 0.29) is 23.0 Å². The van der Waals surface area contributed by atoms with Crippen molar-refractivity contribution in [3.05, 3.63) is 12.2 Å². The molecule has 0 spiro atoms. The summed E-state index contributed by atoms with van der Waals surface area (Å²) in [5.41, 5.74) is 0.134. The highest BCUT2D eigenvalue weighted by Gasteiger charge is 2.41. The summed E-state index contributed by atoms with van der Waals surface area (Å²) in [6.45, 7) is 8.57. The maximum absolute atomic E-state index is 11.5. The number of hydrogen-bond acceptors (Lipinski definition) is 3. The van der Waals surface area contributed by atoms with Crippen LogP contribution in [0, 0.1) is 0 Å². The van der Waals surface area contributed by atoms with Crippen LogP contribution in [-0.2, 0) is 9.59 Å². The Morgan fingerprint density at radius 3 is 2.11 bits per heavy atom. The molecule has 102 valence electrons. The minimum atomic E-state index is -1.36. The second-order valence-electron chi connectivity index (χ2n) is 6.39. The molecule has 5 heteroatoms. The molecule has 3 N–H and O–H groups in total. The predicted molar refractivity (Wildman–Crippen MR) is 65.4 cm³/mol. The predicted octanol–water partition coefficient (Wildman–Crippen LogP) is -1.31. The third-order valence-electron chi connectivity index (χ3n) is 3.04. The van der Waals surface area contributed by atoms with Gasteiger partial charge in [0, 0.05) is 25.0 Å². The Kier molecular flexibility index (Phi) is 4.16. The second-order valence-corrected chi connectivity index (χ2v) is 6.39. The molecule has 1 aliphatic rings. The van der Waals surface area contributed by atoms with Gasteiger partial charge in [-0.3, -0.25) is 4.79 Å². The molecule has 0 aromatic heterocycles. The SMILES string of the molecule is CC1(C)CC(NC(=O)/C=C/C(=O)[O-])CC(C)(C)[NH2+]1. The van der Waals surface area contributed by atoms with Crippen LogP contribution in [0.2, 0.25) is 0 Å². The van der Waals surface area contributed by atoms with Crippen molar-refractivity contribution < 1.29 is 20.0 Å². The van der Waals surface area contributed by atoms with Crippen LogP contribution in [0.4, 0.5) is 0 Å². The highest BCUT2D eigenvalue weighted by atomic mass is 16.4. The van der Waals surface area contributed by atoms with E-state index in [1.165, 1.54) is 0 Å². The first kappa shape index (κ1) is 14.7. The topological polar surface area (TPSA) is 85.8 Å². The van der Waals surface area contributed by atoms with E-state index in [2.05, 4.69) is 38.3 Å². The molecule has 0 radical (unpaired) electrons. The average molecular weight is 254 g/mol. The highest BCUT2D eigenvalue weighted by molar-refractivity contribution is 5.93. The Balaban J connectivity index is 2.62. The molecular weight excluding hydrogens is 232 g/mol. The van der Waals surface area contributed by atoms with E-state index < -0.39 is 5.97 Å². The number of carbonyl (C=O) groups excluding carboxylic acids is 2. The van der Waals surface area contributed by atoms with E-state index in [0.29, 0.717) is 0 Å². The maximum atomic E-state index is 11.5. The van der Waals surface area contributed by atoms with Crippen LogP contribution in [0.5, 0.6) is 0 Å². The number of hydrogen-bond donors (Lipinski definition) is 2. The van der Waals surface area contributed by atoms with Gasteiger partial charge in [0.2, 0.25) is 5.91 Å². The van der Waals surface area contributed by atoms with E-state index in [1.54, 1.807) is 0 Å². The molecule has 1 rings (SSSR count). The van der Waals surface area contributed by atoms with Crippen LogP contribution in [0.25, 0.3) is 0 Å². The Hall–Kier alpha value is -1.36. The molecule has 18 heavy (non-hydrogen) atoms. The van der Waals surface area contributed by atoms with Crippen molar-refractivity contribution in [3.63, 3.8) is 0 Å². The summed E-state index contributed by atoms with van der Waals surface area (Å²) in [6, 6.07) is 0.0684. The van der Waals surface area contributed by atoms with E-state index in [4.69, 9.17) is 0 Å². The van der Waals surface area contributed by atoms with Gasteiger partial charge in [-0.2, -0.15) is 0 Å². The van der Waals surface area contributed by atoms with Gasteiger partial charge in [0.25, 0.3) is 0 Å². The van der Waals surface area contributed by atoms with Crippen LogP contribution in [0.15, 0.2) is 12.2 Å². The summed E-state index contributed by atoms with van der Waals surface area (Å²) < 4.78 is 0. The number of piperidine rings is 1. The van der Waals surface area contributed by atoms with Gasteiger partial charge < -0.3 is 20.5 Å². The third-order valence-corrected chi connectivity index (χ3v) is 3.04. The highest BCUT2D eigenvalue weighted by Crippen LogP contribution is 2.21. The Bertz CT molecular complexity index is 356. The molecule has 1 aliphatic heterocycles. The zero-order valence-corrected chi connectivity index (χ0v) is 11.4. The van der Waals surface area contributed by atoms with Crippen LogP contribution >= 0.6 is 0 Å². The minimum Gasteiger partial charge on any atom is -0.545 e. The zero-order valence-electron chi connectivity index (χ0n) is 11.4. The molecule has 0 atom stereocenters. The number of carboxylic acids is 1. The lowest BCUT2D eigenvalue weighted by atomic mass is 9.79. The number of quaternary nitrogens is 1. The molecule has 0 unspecified atom stereocenters. The van der Waals surface area contributed by atoms with Crippen LogP contribution in [0.3, 0.4) is 0 Å². The number of rotatable bonds is 3. The van der Waals surface area contributed by atoms with E-state index in [1.807, 2.05) is 0 Å². The summed E-state index contributed by atoms with van der Waals surface area (Å²) in [6.07, 6.45) is 3.48. The summed E-state index contributed by atoms with van der Waals surface area (Å²) in [4.78, 5) is 21.8. The number of amides is 1. The lowest BCUT2D eigenvalue weighted by Crippen LogP contribution is -3.06. The van der Waals surface area contributed by atoms with Gasteiger partial charge in [0.05, 0.1) is 17.0 Å². The van der Waals surface area contributed by atoms with Crippen LogP contribution in [-0.4, -0.2) is 29.0 Å². The smallest absolute Gasteiger partial charge is 0.244 e. The number of carbonyl (C=O) groups is 2. The van der Waals surface area contributed by atoms with E-state index >= 15 is 0 Å². The first-order valence-electron chi connectivity index (χ1n) is 6.16. The summed E-state index contributed by atoms with van der Waals surface area (Å²) in [7, 11) is 0. The first-order chi connectivity index (χ1) is 8.10. The fourth-order valence-electron chi connectivity index (χ4n) is 3.01. The molecule has 0 aromatic carbocycles. The van der Waals surface area contributed by atoms with E-state index in [0.717, 1.165) is 25.0 Å². The normalized spacial score (nSPS) is 22.9. The Labute approximate surface area is 108 Å². The molecule has 1 saturated heterocycles. The maximum Gasteiger partial charge on any atom is 0.244 e. The van der Waals surface area contributed by atoms with Gasteiger partial charge in [-0.15, -0.1) is 0 Å². The van der Waals surface area contributed by atoms with Crippen molar-refractivity contribution in [1.29, 1.82) is 0 Å². The molecule has 1 heterocycles. The average Bonchev–Trinajstić information content (AvgIpc) is 2.09. The third kappa shape index (κ3) is 4.87. The Morgan fingerprint density at radius 2 is 1.67 bits per heavy atom. The molecule has 0 saturated carbocycles. The van der Waals surface area contributed by atoms with Gasteiger partial charge in [0.1, 0.15) is 0 Å². The fraction of sp³-hybridized carbons (Fsp3) is 0.692. The van der Waals surface area contributed by atoms with Crippen molar-refractivity contribution in [2.24, 2.45) is 0 Å². The first-order valence-corrected chi connectivity index (χ1v) is 6.16. The van der Waals surface area contributed by atoms with Crippen LogP contribution < -0.4 is 15.7 Å². The van der Waals surface area contributed by atoms with Crippen molar-refractivity contribution in [2.75, 3.05) is 0 Å². The Morgan fingerprint density at radius 1 is 1.17 bits per heavy atom. The van der Waals surface area contributed by atoms with Crippen molar-refractivity contribution in [2.45, 2.75) is 57.7 Å². The molecule has 1 fully saturated rings. The fourth-order valence-corrected chi connectivity index (χ4v) is 3.01. The monoisotopic (exact) mass is 254 g/mol. The molecule has 0 bridgehead atoms. The number of nitrogens with two attached hydrogens (primary N) is 1. The lowest BCUT2D eigenvalue weighted by molar-refractivity contribution is -0.787. The van der Waals surface area contributed by atoms with Crippen molar-refractivity contribution >= 4 is 11.9 Å². The number of aliphatic carboxylic acids is 1. The minimum absolute atomic E-state index is 0.0672. The van der Waals surface area contributed by atoms with Gasteiger partial charge >= 0.3 is 0 Å². The van der Waals surface area contributed by atoms with Gasteiger partial charge in [-0.25, -0.2) is 0 Å². The summed E-state index contributed by atoms with van der Waals surface area (Å²) in [5.74, 6) is -1.74. The molecule has 5 nitrogen and oxygen atoms in total. The van der Waals surface area contributed by atoms with Gasteiger partial charge in [-0.05, 0) is 33.8 Å². The molecule has 0 aromatic rings. The zero-order chi connectivity index (χ0) is 14.0. The number of carboxylic acid groups (broad SMARTS) is 1. The molecule has 0 aliphatic carbocycles. The standard InChI is InChI=1S/C13H22N2O3/c1-12(2)7-9(8-13(3,4)15-12)14-10(16)5-6-11(17)18/h5-6,9,15H,7-8H2,1-4H3,(H,14,16)(H,17,18)/b6-5+. The van der Waals surface area contributed by atoms with Crippen molar-refractivity contribution in [3.8, 4) is 0 Å². The number of nitrogens with one attached hydrogen (secondary N) is 1. The summed E-state index contributed by atoms with van der Waals surface area (Å²) >= 11 is 0. The molecular formula is C13H22N2O3. The largest absolute Gasteiger partial charge is 0.545 e. The van der Waals surface area contributed by atoms with Crippen LogP contribution in [0.1, 0.15) is 40.5 Å². The second kappa shape index (κ2) is 5.10. The lowest BCUT2D eigenvalue weighted by Gasteiger charge is -2.43. The molecule has 1 amide bonds. The summed E-state index contributed by atoms with van der Waals surface area (Å²) in [5, 5.41) is 15.4.